The smallest absolute Gasteiger partial charge is 0.348 e. The van der Waals surface area contributed by atoms with E-state index in [2.05, 4.69) is 15.4 Å². The number of aromatic nitrogens is 3. The fourth-order valence-corrected chi connectivity index (χ4v) is 3.06. The Balaban J connectivity index is 1.89. The minimum Gasteiger partial charge on any atom is -0.348 e. The molecule has 1 unspecified atom stereocenters. The van der Waals surface area contributed by atoms with Crippen molar-refractivity contribution in [3.05, 3.63) is 58.9 Å². The maximum atomic E-state index is 13.4. The number of aryl methyl sites for hydroxylation is 2. The molecule has 1 amide bonds. The normalized spacial score (nSPS) is 13.0. The monoisotopic (exact) mass is 376 g/mol. The average molecular weight is 376 g/mol. The third-order valence-corrected chi connectivity index (χ3v) is 4.28. The summed E-state index contributed by atoms with van der Waals surface area (Å²) in [7, 11) is 0. The average Bonchev–Trinajstić information content (AvgIpc) is 2.89. The van der Waals surface area contributed by atoms with E-state index in [1.165, 1.54) is 18.5 Å². The molecule has 142 valence electrons. The molecule has 0 aliphatic rings. The SMILES string of the molecule is Cc1cc(C(F)(F)F)c2c(C)nn(CC(=O)NC(C)c3ccccc3)c2n1. The lowest BCUT2D eigenvalue weighted by molar-refractivity contribution is -0.136. The van der Waals surface area contributed by atoms with E-state index in [9.17, 15) is 18.0 Å². The Morgan fingerprint density at radius 3 is 2.52 bits per heavy atom. The van der Waals surface area contributed by atoms with Crippen LogP contribution >= 0.6 is 0 Å². The quantitative estimate of drug-likeness (QED) is 0.750. The second kappa shape index (κ2) is 7.02. The van der Waals surface area contributed by atoms with E-state index in [-0.39, 0.29) is 40.9 Å². The van der Waals surface area contributed by atoms with Crippen LogP contribution in [0.3, 0.4) is 0 Å². The molecule has 27 heavy (non-hydrogen) atoms. The Labute approximate surface area is 154 Å². The van der Waals surface area contributed by atoms with Gasteiger partial charge in [0.25, 0.3) is 0 Å². The molecule has 2 heterocycles. The lowest BCUT2D eigenvalue weighted by Crippen LogP contribution is -2.30. The molecule has 0 bridgehead atoms. The molecule has 0 aliphatic heterocycles. The van der Waals surface area contributed by atoms with Gasteiger partial charge in [0.05, 0.1) is 22.7 Å². The lowest BCUT2D eigenvalue weighted by atomic mass is 10.1. The molecule has 3 aromatic rings. The van der Waals surface area contributed by atoms with Gasteiger partial charge in [-0.3, -0.25) is 4.79 Å². The molecular weight excluding hydrogens is 357 g/mol. The Bertz CT molecular complexity index is 980. The van der Waals surface area contributed by atoms with Gasteiger partial charge < -0.3 is 5.32 Å². The van der Waals surface area contributed by atoms with E-state index in [0.717, 1.165) is 11.6 Å². The first-order valence-corrected chi connectivity index (χ1v) is 8.43. The first-order valence-electron chi connectivity index (χ1n) is 8.43. The first-order chi connectivity index (χ1) is 12.7. The summed E-state index contributed by atoms with van der Waals surface area (Å²) in [5.41, 5.74) is 0.609. The van der Waals surface area contributed by atoms with Gasteiger partial charge in [-0.25, -0.2) is 9.67 Å². The number of rotatable bonds is 4. The number of hydrogen-bond donors (Lipinski definition) is 1. The second-order valence-electron chi connectivity index (χ2n) is 6.45. The van der Waals surface area contributed by atoms with E-state index in [4.69, 9.17) is 0 Å². The summed E-state index contributed by atoms with van der Waals surface area (Å²) in [4.78, 5) is 16.6. The fraction of sp³-hybridized carbons (Fsp3) is 0.316. The number of hydrogen-bond acceptors (Lipinski definition) is 3. The van der Waals surface area contributed by atoms with Crippen molar-refractivity contribution < 1.29 is 18.0 Å². The van der Waals surface area contributed by atoms with Crippen molar-refractivity contribution in [2.24, 2.45) is 0 Å². The predicted molar refractivity (Wildman–Crippen MR) is 95.0 cm³/mol. The summed E-state index contributed by atoms with van der Waals surface area (Å²) >= 11 is 0. The number of alkyl halides is 3. The van der Waals surface area contributed by atoms with Crippen molar-refractivity contribution >= 4 is 16.9 Å². The van der Waals surface area contributed by atoms with E-state index in [1.807, 2.05) is 37.3 Å². The van der Waals surface area contributed by atoms with Gasteiger partial charge >= 0.3 is 6.18 Å². The topological polar surface area (TPSA) is 59.8 Å². The van der Waals surface area contributed by atoms with Crippen LogP contribution in [-0.2, 0) is 17.5 Å². The van der Waals surface area contributed by atoms with Crippen LogP contribution in [0.1, 0.15) is 35.5 Å². The van der Waals surface area contributed by atoms with Gasteiger partial charge in [-0.1, -0.05) is 30.3 Å². The number of nitrogens with one attached hydrogen (secondary N) is 1. The van der Waals surface area contributed by atoms with Crippen molar-refractivity contribution in [2.75, 3.05) is 0 Å². The van der Waals surface area contributed by atoms with Gasteiger partial charge in [-0.15, -0.1) is 0 Å². The van der Waals surface area contributed by atoms with Crippen LogP contribution in [0, 0.1) is 13.8 Å². The van der Waals surface area contributed by atoms with Gasteiger partial charge in [0.1, 0.15) is 6.54 Å². The molecule has 0 saturated carbocycles. The zero-order chi connectivity index (χ0) is 19.8. The number of amides is 1. The summed E-state index contributed by atoms with van der Waals surface area (Å²) in [6, 6.07) is 10.2. The van der Waals surface area contributed by atoms with Crippen LogP contribution in [-0.4, -0.2) is 20.7 Å². The van der Waals surface area contributed by atoms with Crippen LogP contribution < -0.4 is 5.32 Å². The number of pyridine rings is 1. The maximum absolute atomic E-state index is 13.4. The van der Waals surface area contributed by atoms with Gasteiger partial charge in [-0.05, 0) is 32.4 Å². The summed E-state index contributed by atoms with van der Waals surface area (Å²) in [5, 5.41) is 6.87. The molecule has 3 rings (SSSR count). The van der Waals surface area contributed by atoms with Gasteiger partial charge in [0, 0.05) is 5.69 Å². The van der Waals surface area contributed by atoms with Crippen LogP contribution in [0.5, 0.6) is 0 Å². The standard InChI is InChI=1S/C19H19F3N4O/c1-11-9-15(19(20,21)22)17-13(3)25-26(18(17)23-11)10-16(27)24-12(2)14-7-5-4-6-8-14/h4-9,12H,10H2,1-3H3,(H,24,27). The largest absolute Gasteiger partial charge is 0.417 e. The third-order valence-electron chi connectivity index (χ3n) is 4.28. The van der Waals surface area contributed by atoms with Gasteiger partial charge in [-0.2, -0.15) is 18.3 Å². The molecule has 0 radical (unpaired) electrons. The number of halogens is 3. The summed E-state index contributed by atoms with van der Waals surface area (Å²) in [5.74, 6) is -0.354. The number of carbonyl (C=O) groups excluding carboxylic acids is 1. The maximum Gasteiger partial charge on any atom is 0.417 e. The van der Waals surface area contributed by atoms with Crippen LogP contribution in [0.4, 0.5) is 13.2 Å². The predicted octanol–water partition coefficient (Wildman–Crippen LogP) is 3.94. The molecular formula is C19H19F3N4O. The van der Waals surface area contributed by atoms with Gasteiger partial charge in [0.2, 0.25) is 5.91 Å². The fourth-order valence-electron chi connectivity index (χ4n) is 3.06. The molecule has 0 fully saturated rings. The molecule has 0 aliphatic carbocycles. The van der Waals surface area contributed by atoms with E-state index < -0.39 is 11.7 Å². The molecule has 2 aromatic heterocycles. The Morgan fingerprint density at radius 2 is 1.89 bits per heavy atom. The Morgan fingerprint density at radius 1 is 1.22 bits per heavy atom. The highest BCUT2D eigenvalue weighted by molar-refractivity contribution is 5.85. The van der Waals surface area contributed by atoms with E-state index >= 15 is 0 Å². The van der Waals surface area contributed by atoms with Crippen LogP contribution in [0.25, 0.3) is 11.0 Å². The summed E-state index contributed by atoms with van der Waals surface area (Å²) < 4.78 is 41.3. The second-order valence-corrected chi connectivity index (χ2v) is 6.45. The van der Waals surface area contributed by atoms with E-state index in [1.54, 1.807) is 0 Å². The molecule has 1 atom stereocenters. The van der Waals surface area contributed by atoms with Gasteiger partial charge in [0.15, 0.2) is 5.65 Å². The van der Waals surface area contributed by atoms with E-state index in [0.29, 0.717) is 0 Å². The zero-order valence-electron chi connectivity index (χ0n) is 15.1. The highest BCUT2D eigenvalue weighted by Gasteiger charge is 2.35. The Kier molecular flexibility index (Phi) is 4.91. The number of nitrogens with zero attached hydrogens (tertiary/aromatic N) is 3. The number of fused-ring (bicyclic) bond motifs is 1. The van der Waals surface area contributed by atoms with Crippen LogP contribution in [0.2, 0.25) is 0 Å². The zero-order valence-corrected chi connectivity index (χ0v) is 15.1. The molecule has 8 heteroatoms. The van der Waals surface area contributed by atoms with Crippen molar-refractivity contribution in [2.45, 2.75) is 39.5 Å². The number of benzene rings is 1. The third kappa shape index (κ3) is 3.94. The number of carbonyl (C=O) groups is 1. The van der Waals surface area contributed by atoms with Crippen molar-refractivity contribution in [3.8, 4) is 0 Å². The molecule has 0 saturated heterocycles. The lowest BCUT2D eigenvalue weighted by Gasteiger charge is -2.14. The highest BCUT2D eigenvalue weighted by Crippen LogP contribution is 2.36. The van der Waals surface area contributed by atoms with Crippen molar-refractivity contribution in [3.63, 3.8) is 0 Å². The highest BCUT2D eigenvalue weighted by atomic mass is 19.4. The van der Waals surface area contributed by atoms with Crippen molar-refractivity contribution in [1.82, 2.24) is 20.1 Å². The van der Waals surface area contributed by atoms with Crippen LogP contribution in [0.15, 0.2) is 36.4 Å². The first kappa shape index (κ1) is 18.9. The molecule has 5 nitrogen and oxygen atoms in total. The minimum atomic E-state index is -4.52. The minimum absolute atomic E-state index is 0.0577. The molecule has 0 spiro atoms. The Hall–Kier alpha value is -2.90. The molecule has 1 N–H and O–H groups in total. The molecule has 1 aromatic carbocycles. The summed E-state index contributed by atoms with van der Waals surface area (Å²) in [6.07, 6.45) is -4.52. The van der Waals surface area contributed by atoms with Crippen molar-refractivity contribution in [1.29, 1.82) is 0 Å². The summed E-state index contributed by atoms with van der Waals surface area (Å²) in [6.45, 7) is 4.59.